The summed E-state index contributed by atoms with van der Waals surface area (Å²) in [5, 5.41) is 12.9. The lowest BCUT2D eigenvalue weighted by molar-refractivity contribution is -0.112. The normalized spacial score (nSPS) is 10.9. The molecule has 1 N–H and O–H groups in total. The molecule has 0 unspecified atom stereocenters. The summed E-state index contributed by atoms with van der Waals surface area (Å²) < 4.78 is 26.1. The number of methoxy groups -OCH3 is 2. The molecule has 0 saturated carbocycles. The van der Waals surface area contributed by atoms with Crippen LogP contribution >= 0.6 is 23.3 Å². The third-order valence-corrected chi connectivity index (χ3v) is 5.84. The number of carbonyl (C=O) groups is 1. The zero-order valence-corrected chi connectivity index (χ0v) is 21.1. The average Bonchev–Trinajstić information content (AvgIpc) is 3.35. The van der Waals surface area contributed by atoms with E-state index < -0.39 is 5.91 Å². The Labute approximate surface area is 211 Å². The van der Waals surface area contributed by atoms with Gasteiger partial charge in [-0.05, 0) is 54.3 Å². The van der Waals surface area contributed by atoms with Crippen LogP contribution in [0.2, 0.25) is 0 Å². The van der Waals surface area contributed by atoms with Gasteiger partial charge in [0.1, 0.15) is 23.1 Å². The van der Waals surface area contributed by atoms with Gasteiger partial charge in [0.25, 0.3) is 5.91 Å². The van der Waals surface area contributed by atoms with Crippen LogP contribution in [0.4, 0.5) is 5.13 Å². The zero-order valence-electron chi connectivity index (χ0n) is 19.4. The van der Waals surface area contributed by atoms with E-state index in [2.05, 4.69) is 14.7 Å². The Bertz CT molecular complexity index is 1210. The van der Waals surface area contributed by atoms with Crippen molar-refractivity contribution in [2.45, 2.75) is 11.6 Å². The first-order chi connectivity index (χ1) is 17.1. The van der Waals surface area contributed by atoms with Gasteiger partial charge in [0.15, 0.2) is 11.5 Å². The molecular formula is C24H24N4O5S2. The molecule has 35 heavy (non-hydrogen) atoms. The number of ether oxygens (including phenoxy) is 4. The number of hydrogen-bond acceptors (Lipinski definition) is 10. The third-order valence-electron chi connectivity index (χ3n) is 4.55. The van der Waals surface area contributed by atoms with Crippen LogP contribution in [0.1, 0.15) is 12.0 Å². The van der Waals surface area contributed by atoms with Crippen LogP contribution in [0.5, 0.6) is 23.0 Å². The van der Waals surface area contributed by atoms with E-state index in [1.807, 2.05) is 36.6 Å². The van der Waals surface area contributed by atoms with Crippen molar-refractivity contribution < 1.29 is 23.7 Å². The highest BCUT2D eigenvalue weighted by atomic mass is 32.2. The molecular weight excluding hydrogens is 488 g/mol. The lowest BCUT2D eigenvalue weighted by atomic mass is 10.1. The summed E-state index contributed by atoms with van der Waals surface area (Å²) in [5.41, 5.74) is 0.545. The topological polar surface area (TPSA) is 116 Å². The molecule has 9 nitrogen and oxygen atoms in total. The van der Waals surface area contributed by atoms with E-state index in [1.54, 1.807) is 25.3 Å². The number of rotatable bonds is 12. The van der Waals surface area contributed by atoms with Gasteiger partial charge in [0.05, 0.1) is 27.4 Å². The number of thioether (sulfide) groups is 1. The molecule has 0 radical (unpaired) electrons. The fourth-order valence-corrected chi connectivity index (χ4v) is 3.94. The van der Waals surface area contributed by atoms with Crippen molar-refractivity contribution in [3.05, 3.63) is 53.6 Å². The van der Waals surface area contributed by atoms with Crippen molar-refractivity contribution in [1.82, 2.24) is 9.36 Å². The van der Waals surface area contributed by atoms with Crippen LogP contribution in [-0.4, -0.2) is 49.0 Å². The minimum absolute atomic E-state index is 0.0719. The number of nitrogens with zero attached hydrogens (tertiary/aromatic N) is 3. The highest BCUT2D eigenvalue weighted by molar-refractivity contribution is 7.98. The molecule has 0 saturated heterocycles. The fraction of sp³-hybridized carbons (Fsp3) is 0.250. The van der Waals surface area contributed by atoms with E-state index in [4.69, 9.17) is 18.9 Å². The first kappa shape index (κ1) is 25.9. The van der Waals surface area contributed by atoms with Gasteiger partial charge in [-0.1, -0.05) is 17.8 Å². The van der Waals surface area contributed by atoms with E-state index in [0.29, 0.717) is 47.0 Å². The maximum atomic E-state index is 12.5. The maximum Gasteiger partial charge on any atom is 0.268 e. The summed E-state index contributed by atoms with van der Waals surface area (Å²) in [6, 6.07) is 14.5. The molecule has 11 heteroatoms. The van der Waals surface area contributed by atoms with Crippen LogP contribution in [0.25, 0.3) is 6.08 Å². The quantitative estimate of drug-likeness (QED) is 0.160. The highest BCUT2D eigenvalue weighted by Crippen LogP contribution is 2.29. The molecule has 0 aliphatic carbocycles. The van der Waals surface area contributed by atoms with Crippen molar-refractivity contribution in [3.63, 3.8) is 0 Å². The number of nitrogens with one attached hydrogen (secondary N) is 1. The Kier molecular flexibility index (Phi) is 9.77. The van der Waals surface area contributed by atoms with Crippen molar-refractivity contribution in [1.29, 1.82) is 5.26 Å². The molecule has 0 atom stereocenters. The Morgan fingerprint density at radius 3 is 2.49 bits per heavy atom. The minimum atomic E-state index is -0.563. The van der Waals surface area contributed by atoms with Crippen LogP contribution in [0, 0.1) is 11.3 Å². The SMILES string of the molecule is COc1ccc(OCCCOc2ccc(C=C(C#N)C(=O)Nc3nc(SC)ns3)cc2OC)cc1. The lowest BCUT2D eigenvalue weighted by Crippen LogP contribution is -2.13. The van der Waals surface area contributed by atoms with Gasteiger partial charge in [-0.15, -0.1) is 0 Å². The molecule has 182 valence electrons. The van der Waals surface area contributed by atoms with Gasteiger partial charge in [0, 0.05) is 18.0 Å². The summed E-state index contributed by atoms with van der Waals surface area (Å²) in [5.74, 6) is 2.01. The number of benzene rings is 2. The summed E-state index contributed by atoms with van der Waals surface area (Å²) in [4.78, 5) is 16.6. The number of amides is 1. The predicted molar refractivity (Wildman–Crippen MR) is 136 cm³/mol. The second-order valence-corrected chi connectivity index (χ2v) is 8.37. The van der Waals surface area contributed by atoms with Crippen molar-refractivity contribution in [2.24, 2.45) is 0 Å². The van der Waals surface area contributed by atoms with E-state index >= 15 is 0 Å². The Morgan fingerprint density at radius 2 is 1.83 bits per heavy atom. The molecule has 3 aromatic rings. The number of carbonyl (C=O) groups excluding carboxylic acids is 1. The van der Waals surface area contributed by atoms with Crippen LogP contribution in [0.15, 0.2) is 53.2 Å². The second-order valence-electron chi connectivity index (χ2n) is 6.85. The van der Waals surface area contributed by atoms with Gasteiger partial charge in [0.2, 0.25) is 10.3 Å². The van der Waals surface area contributed by atoms with Crippen LogP contribution < -0.4 is 24.3 Å². The Balaban J connectivity index is 1.55. The fourth-order valence-electron chi connectivity index (χ4n) is 2.82. The second kappa shape index (κ2) is 13.2. The lowest BCUT2D eigenvalue weighted by Gasteiger charge is -2.12. The van der Waals surface area contributed by atoms with Gasteiger partial charge >= 0.3 is 0 Å². The van der Waals surface area contributed by atoms with Crippen molar-refractivity contribution in [3.8, 4) is 29.1 Å². The van der Waals surface area contributed by atoms with E-state index in [9.17, 15) is 10.1 Å². The van der Waals surface area contributed by atoms with Crippen molar-refractivity contribution >= 4 is 40.4 Å². The molecule has 1 aromatic heterocycles. The molecule has 1 heterocycles. The maximum absolute atomic E-state index is 12.5. The van der Waals surface area contributed by atoms with Gasteiger partial charge in [-0.25, -0.2) is 0 Å². The molecule has 0 bridgehead atoms. The molecule has 0 aliphatic heterocycles. The summed E-state index contributed by atoms with van der Waals surface area (Å²) >= 11 is 2.42. The molecule has 1 amide bonds. The number of hydrogen-bond donors (Lipinski definition) is 1. The summed E-state index contributed by atoms with van der Waals surface area (Å²) in [6.07, 6.45) is 3.98. The first-order valence-corrected chi connectivity index (χ1v) is 12.4. The number of nitriles is 1. The molecule has 0 fully saturated rings. The molecule has 0 aliphatic rings. The molecule has 3 rings (SSSR count). The summed E-state index contributed by atoms with van der Waals surface area (Å²) in [7, 11) is 3.14. The highest BCUT2D eigenvalue weighted by Gasteiger charge is 2.13. The predicted octanol–water partition coefficient (Wildman–Crippen LogP) is 4.67. The van der Waals surface area contributed by atoms with Crippen molar-refractivity contribution in [2.75, 3.05) is 39.0 Å². The zero-order chi connectivity index (χ0) is 25.0. The smallest absolute Gasteiger partial charge is 0.268 e. The van der Waals surface area contributed by atoms with Gasteiger partial charge < -0.3 is 18.9 Å². The molecule has 0 spiro atoms. The van der Waals surface area contributed by atoms with Gasteiger partial charge in [-0.3, -0.25) is 10.1 Å². The molecule has 2 aromatic carbocycles. The Hall–Kier alpha value is -3.75. The monoisotopic (exact) mass is 512 g/mol. The largest absolute Gasteiger partial charge is 0.497 e. The summed E-state index contributed by atoms with van der Waals surface area (Å²) in [6.45, 7) is 0.913. The number of anilines is 1. The van der Waals surface area contributed by atoms with E-state index in [1.165, 1.54) is 24.9 Å². The van der Waals surface area contributed by atoms with Crippen LogP contribution in [0.3, 0.4) is 0 Å². The van der Waals surface area contributed by atoms with Gasteiger partial charge in [-0.2, -0.15) is 14.6 Å². The average molecular weight is 513 g/mol. The first-order valence-electron chi connectivity index (χ1n) is 10.4. The van der Waals surface area contributed by atoms with E-state index in [0.717, 1.165) is 23.0 Å². The van der Waals surface area contributed by atoms with E-state index in [-0.39, 0.29) is 5.57 Å². The minimum Gasteiger partial charge on any atom is -0.497 e. The third kappa shape index (κ3) is 7.63. The Morgan fingerprint density at radius 1 is 1.09 bits per heavy atom. The standard InChI is InChI=1S/C24H24N4O5S2/c1-30-18-6-8-19(9-7-18)32-11-4-12-33-20-10-5-16(14-21(20)31-2)13-17(15-25)22(29)26-23-27-24(34-3)28-35-23/h5-10,13-14H,4,11-12H2,1-3H3,(H,26,27,28,29). The van der Waals surface area contributed by atoms with Crippen LogP contribution in [-0.2, 0) is 4.79 Å². The number of aromatic nitrogens is 2.